The monoisotopic (exact) mass is 308 g/mol. The van der Waals surface area contributed by atoms with Gasteiger partial charge in [0, 0.05) is 30.6 Å². The van der Waals surface area contributed by atoms with Crippen molar-refractivity contribution in [3.05, 3.63) is 40.3 Å². The van der Waals surface area contributed by atoms with E-state index in [9.17, 15) is 4.39 Å². The molecule has 1 aromatic heterocycles. The quantitative estimate of drug-likeness (QED) is 0.822. The first-order valence-electron chi connectivity index (χ1n) is 6.96. The highest BCUT2D eigenvalue weighted by Crippen LogP contribution is 2.31. The van der Waals surface area contributed by atoms with Crippen LogP contribution < -0.4 is 15.4 Å². The maximum Gasteiger partial charge on any atom is 0.167 e. The number of likely N-dealkylation sites (N-methyl/N-ethyl adjacent to an activating group) is 1. The average Bonchev–Trinajstić information content (AvgIpc) is 2.92. The predicted octanol–water partition coefficient (Wildman–Crippen LogP) is 3.94. The van der Waals surface area contributed by atoms with Gasteiger partial charge in [0.25, 0.3) is 0 Å². The minimum absolute atomic E-state index is 0.0765. The highest BCUT2D eigenvalue weighted by molar-refractivity contribution is 7.09. The summed E-state index contributed by atoms with van der Waals surface area (Å²) in [5.41, 5.74) is 7.16. The van der Waals surface area contributed by atoms with Crippen molar-refractivity contribution >= 4 is 22.7 Å². The Morgan fingerprint density at radius 3 is 2.76 bits per heavy atom. The molecule has 0 amide bonds. The van der Waals surface area contributed by atoms with Crippen molar-refractivity contribution in [2.75, 3.05) is 24.2 Å². The summed E-state index contributed by atoms with van der Waals surface area (Å²) in [4.78, 5) is 3.35. The number of hydrogen-bond donors (Lipinski definition) is 1. The summed E-state index contributed by atoms with van der Waals surface area (Å²) in [7, 11) is 1.95. The molecule has 1 aromatic carbocycles. The Balaban J connectivity index is 2.13. The van der Waals surface area contributed by atoms with E-state index in [4.69, 9.17) is 10.5 Å². The molecule has 5 heteroatoms. The van der Waals surface area contributed by atoms with Crippen LogP contribution in [0.15, 0.2) is 29.6 Å². The summed E-state index contributed by atoms with van der Waals surface area (Å²) >= 11 is 1.74. The van der Waals surface area contributed by atoms with Gasteiger partial charge in [-0.3, -0.25) is 0 Å². The zero-order chi connectivity index (χ0) is 15.4. The van der Waals surface area contributed by atoms with E-state index >= 15 is 0 Å². The Labute approximate surface area is 129 Å². The maximum absolute atomic E-state index is 13.8. The maximum atomic E-state index is 13.8. The lowest BCUT2D eigenvalue weighted by Gasteiger charge is -2.22. The number of hydrogen-bond acceptors (Lipinski definition) is 4. The van der Waals surface area contributed by atoms with Gasteiger partial charge in [0.05, 0.1) is 17.5 Å². The lowest BCUT2D eigenvalue weighted by Crippen LogP contribution is -2.21. The molecular formula is C16H21FN2OS. The number of rotatable bonds is 6. The highest BCUT2D eigenvalue weighted by atomic mass is 32.1. The van der Waals surface area contributed by atoms with E-state index in [-0.39, 0.29) is 11.9 Å². The Morgan fingerprint density at radius 2 is 2.14 bits per heavy atom. The molecule has 0 aliphatic heterocycles. The third kappa shape index (κ3) is 4.11. The van der Waals surface area contributed by atoms with E-state index in [1.54, 1.807) is 17.4 Å². The van der Waals surface area contributed by atoms with Gasteiger partial charge in [0.2, 0.25) is 0 Å². The molecule has 0 saturated carbocycles. The van der Waals surface area contributed by atoms with Crippen LogP contribution in [0.3, 0.4) is 0 Å². The molecule has 21 heavy (non-hydrogen) atoms. The molecule has 114 valence electrons. The lowest BCUT2D eigenvalue weighted by molar-refractivity contribution is 0.231. The van der Waals surface area contributed by atoms with Gasteiger partial charge in [0.1, 0.15) is 0 Å². The second-order valence-electron chi connectivity index (χ2n) is 5.26. The summed E-state index contributed by atoms with van der Waals surface area (Å²) in [5, 5.41) is 2.07. The van der Waals surface area contributed by atoms with E-state index in [1.807, 2.05) is 31.9 Å². The van der Waals surface area contributed by atoms with Crippen molar-refractivity contribution in [1.29, 1.82) is 0 Å². The highest BCUT2D eigenvalue weighted by Gasteiger charge is 2.13. The van der Waals surface area contributed by atoms with Gasteiger partial charge in [-0.05, 0) is 31.7 Å². The van der Waals surface area contributed by atoms with Crippen molar-refractivity contribution < 1.29 is 9.13 Å². The fraction of sp³-hybridized carbons (Fsp3) is 0.375. The fourth-order valence-corrected chi connectivity index (χ4v) is 2.78. The molecule has 0 unspecified atom stereocenters. The number of anilines is 2. The summed E-state index contributed by atoms with van der Waals surface area (Å²) < 4.78 is 19.3. The fourth-order valence-electron chi connectivity index (χ4n) is 2.09. The van der Waals surface area contributed by atoms with Crippen LogP contribution in [0, 0.1) is 5.82 Å². The summed E-state index contributed by atoms with van der Waals surface area (Å²) in [6, 6.07) is 7.16. The number of halogens is 1. The van der Waals surface area contributed by atoms with Crippen LogP contribution in [0.5, 0.6) is 5.75 Å². The largest absolute Gasteiger partial charge is 0.488 e. The van der Waals surface area contributed by atoms with Crippen LogP contribution in [0.2, 0.25) is 0 Å². The normalized spacial score (nSPS) is 10.9. The minimum Gasteiger partial charge on any atom is -0.488 e. The molecule has 0 fully saturated rings. The number of benzene rings is 1. The molecule has 2 aromatic rings. The summed E-state index contributed by atoms with van der Waals surface area (Å²) in [6.45, 7) is 4.56. The minimum atomic E-state index is -0.420. The van der Waals surface area contributed by atoms with Crippen molar-refractivity contribution in [3.8, 4) is 5.75 Å². The summed E-state index contributed by atoms with van der Waals surface area (Å²) in [5.74, 6) is -0.172. The van der Waals surface area contributed by atoms with E-state index in [2.05, 4.69) is 11.4 Å². The number of nitrogens with two attached hydrogens (primary N) is 1. The van der Waals surface area contributed by atoms with Gasteiger partial charge in [-0.2, -0.15) is 0 Å². The van der Waals surface area contributed by atoms with Crippen LogP contribution in [0.1, 0.15) is 18.7 Å². The van der Waals surface area contributed by atoms with Crippen molar-refractivity contribution in [2.45, 2.75) is 26.4 Å². The molecule has 0 bridgehead atoms. The second-order valence-corrected chi connectivity index (χ2v) is 6.29. The number of ether oxygens (including phenoxy) is 1. The zero-order valence-corrected chi connectivity index (χ0v) is 13.4. The molecule has 0 aliphatic carbocycles. The van der Waals surface area contributed by atoms with Gasteiger partial charge in [0.15, 0.2) is 11.6 Å². The van der Waals surface area contributed by atoms with E-state index in [0.717, 1.165) is 18.7 Å². The second kappa shape index (κ2) is 6.80. The SMILES string of the molecule is CC(C)Oc1cc(N(C)CCc2cccs2)c(N)cc1F. The molecule has 0 saturated heterocycles. The van der Waals surface area contributed by atoms with Crippen LogP contribution in [-0.2, 0) is 6.42 Å². The van der Waals surface area contributed by atoms with Gasteiger partial charge in [-0.15, -0.1) is 11.3 Å². The van der Waals surface area contributed by atoms with E-state index in [1.165, 1.54) is 10.9 Å². The van der Waals surface area contributed by atoms with Crippen LogP contribution >= 0.6 is 11.3 Å². The summed E-state index contributed by atoms with van der Waals surface area (Å²) in [6.07, 6.45) is 0.859. The first-order valence-corrected chi connectivity index (χ1v) is 7.84. The van der Waals surface area contributed by atoms with Crippen molar-refractivity contribution in [1.82, 2.24) is 0 Å². The standard InChI is InChI=1S/C16H21FN2OS/c1-11(2)20-16-10-15(14(18)9-13(16)17)19(3)7-6-12-5-4-8-21-12/h4-5,8-11H,6-7,18H2,1-3H3. The van der Waals surface area contributed by atoms with Crippen LogP contribution in [0.25, 0.3) is 0 Å². The number of nitrogen functional groups attached to an aromatic ring is 1. The molecule has 2 N–H and O–H groups in total. The molecule has 3 nitrogen and oxygen atoms in total. The Bertz CT molecular complexity index is 584. The zero-order valence-electron chi connectivity index (χ0n) is 12.6. The first-order chi connectivity index (χ1) is 9.97. The van der Waals surface area contributed by atoms with Crippen molar-refractivity contribution in [3.63, 3.8) is 0 Å². The van der Waals surface area contributed by atoms with E-state index in [0.29, 0.717) is 5.69 Å². The predicted molar refractivity (Wildman–Crippen MR) is 87.9 cm³/mol. The molecule has 0 radical (unpaired) electrons. The Hall–Kier alpha value is -1.75. The number of thiophene rings is 1. The molecule has 0 atom stereocenters. The Kier molecular flexibility index (Phi) is 5.07. The van der Waals surface area contributed by atoms with Gasteiger partial charge >= 0.3 is 0 Å². The third-order valence-corrected chi connectivity index (χ3v) is 4.06. The van der Waals surface area contributed by atoms with E-state index < -0.39 is 5.82 Å². The average molecular weight is 308 g/mol. The molecule has 2 rings (SSSR count). The smallest absolute Gasteiger partial charge is 0.167 e. The molecular weight excluding hydrogens is 287 g/mol. The third-order valence-electron chi connectivity index (χ3n) is 3.13. The topological polar surface area (TPSA) is 38.5 Å². The van der Waals surface area contributed by atoms with Gasteiger partial charge in [-0.25, -0.2) is 4.39 Å². The Morgan fingerprint density at radius 1 is 1.38 bits per heavy atom. The number of nitrogens with zero attached hydrogens (tertiary/aromatic N) is 1. The molecule has 0 spiro atoms. The van der Waals surface area contributed by atoms with Gasteiger partial charge in [-0.1, -0.05) is 6.07 Å². The molecule has 0 aliphatic rings. The van der Waals surface area contributed by atoms with Crippen LogP contribution in [-0.4, -0.2) is 19.7 Å². The molecule has 1 heterocycles. The van der Waals surface area contributed by atoms with Crippen LogP contribution in [0.4, 0.5) is 15.8 Å². The first kappa shape index (κ1) is 15.6. The van der Waals surface area contributed by atoms with Crippen molar-refractivity contribution in [2.24, 2.45) is 0 Å². The lowest BCUT2D eigenvalue weighted by atomic mass is 10.2. The van der Waals surface area contributed by atoms with Gasteiger partial charge < -0.3 is 15.4 Å².